The van der Waals surface area contributed by atoms with E-state index in [2.05, 4.69) is 16.9 Å². The maximum Gasteiger partial charge on any atom is 0.307 e. The van der Waals surface area contributed by atoms with Crippen LogP contribution in [-0.2, 0) is 22.4 Å². The van der Waals surface area contributed by atoms with E-state index in [0.29, 0.717) is 11.5 Å². The monoisotopic (exact) mass is 426 g/mol. The van der Waals surface area contributed by atoms with E-state index in [1.807, 2.05) is 18.2 Å². The number of rotatable bonds is 6. The number of carbonyl (C=O) groups excluding carboxylic acids is 2. The topological polar surface area (TPSA) is 69.2 Å². The third-order valence-electron chi connectivity index (χ3n) is 5.24. The summed E-state index contributed by atoms with van der Waals surface area (Å²) in [6, 6.07) is 9.07. The summed E-state index contributed by atoms with van der Waals surface area (Å²) < 4.78 is 4.84. The number of ether oxygens (including phenoxy) is 1. The van der Waals surface area contributed by atoms with Crippen molar-refractivity contribution in [2.24, 2.45) is 5.92 Å². The van der Waals surface area contributed by atoms with Gasteiger partial charge in [-0.2, -0.15) is 0 Å². The van der Waals surface area contributed by atoms with Crippen LogP contribution in [0.4, 0.5) is 0 Å². The Hall–Kier alpha value is -2.25. The molecule has 3 aromatic rings. The van der Waals surface area contributed by atoms with Crippen molar-refractivity contribution in [3.05, 3.63) is 52.7 Å². The molecule has 0 bridgehead atoms. The molecule has 2 unspecified atom stereocenters. The first-order valence-corrected chi connectivity index (χ1v) is 11.3. The molecule has 2 aromatic heterocycles. The quantitative estimate of drug-likeness (QED) is 0.246. The van der Waals surface area contributed by atoms with Gasteiger partial charge in [0.2, 0.25) is 0 Å². The van der Waals surface area contributed by atoms with E-state index in [-0.39, 0.29) is 12.2 Å². The Labute approximate surface area is 177 Å². The molecule has 4 rings (SSSR count). The molecule has 0 aliphatic heterocycles. The highest BCUT2D eigenvalue weighted by atomic mass is 32.2. The molecule has 0 fully saturated rings. The van der Waals surface area contributed by atoms with E-state index in [0.717, 1.165) is 34.5 Å². The SMILES string of the molecule is COC(=O)CC(Sc1ncnc2sc3c(c12)CCC(C)C3)C(=O)c1ccccc1. The van der Waals surface area contributed by atoms with E-state index in [9.17, 15) is 9.59 Å². The Morgan fingerprint density at radius 1 is 1.28 bits per heavy atom. The van der Waals surface area contributed by atoms with Gasteiger partial charge in [0.05, 0.1) is 18.8 Å². The van der Waals surface area contributed by atoms with Crippen molar-refractivity contribution in [1.29, 1.82) is 0 Å². The van der Waals surface area contributed by atoms with Crippen LogP contribution < -0.4 is 0 Å². The van der Waals surface area contributed by atoms with Crippen LogP contribution in [0.1, 0.15) is 40.6 Å². The number of carbonyl (C=O) groups is 2. The molecule has 0 saturated carbocycles. The van der Waals surface area contributed by atoms with E-state index in [1.54, 1.807) is 29.8 Å². The lowest BCUT2D eigenvalue weighted by Gasteiger charge is -2.19. The smallest absolute Gasteiger partial charge is 0.307 e. The number of esters is 1. The number of thioether (sulfide) groups is 1. The zero-order chi connectivity index (χ0) is 20.4. The normalized spacial score (nSPS) is 17.0. The molecule has 0 amide bonds. The fourth-order valence-corrected chi connectivity index (χ4v) is 6.27. The zero-order valence-electron chi connectivity index (χ0n) is 16.4. The van der Waals surface area contributed by atoms with Crippen molar-refractivity contribution in [2.45, 2.75) is 42.9 Å². The van der Waals surface area contributed by atoms with Crippen molar-refractivity contribution in [1.82, 2.24) is 9.97 Å². The molecule has 2 atom stereocenters. The van der Waals surface area contributed by atoms with Crippen LogP contribution >= 0.6 is 23.1 Å². The Morgan fingerprint density at radius 3 is 2.83 bits per heavy atom. The van der Waals surface area contributed by atoms with Crippen LogP contribution in [0.15, 0.2) is 41.7 Å². The minimum Gasteiger partial charge on any atom is -0.469 e. The van der Waals surface area contributed by atoms with E-state index in [1.165, 1.54) is 29.3 Å². The number of benzene rings is 1. The van der Waals surface area contributed by atoms with E-state index < -0.39 is 11.2 Å². The lowest BCUT2D eigenvalue weighted by Crippen LogP contribution is -2.22. The van der Waals surface area contributed by atoms with E-state index in [4.69, 9.17) is 4.74 Å². The van der Waals surface area contributed by atoms with Crippen molar-refractivity contribution in [2.75, 3.05) is 7.11 Å². The maximum absolute atomic E-state index is 13.1. The molecule has 2 heterocycles. The third kappa shape index (κ3) is 4.21. The Kier molecular flexibility index (Phi) is 5.96. The second-order valence-electron chi connectivity index (χ2n) is 7.33. The van der Waals surface area contributed by atoms with Crippen LogP contribution in [0.3, 0.4) is 0 Å². The number of ketones is 1. The van der Waals surface area contributed by atoms with Gasteiger partial charge in [-0.05, 0) is 30.7 Å². The number of nitrogens with zero attached hydrogens (tertiary/aromatic N) is 2. The molecule has 0 saturated heterocycles. The van der Waals surface area contributed by atoms with Crippen LogP contribution in [0.5, 0.6) is 0 Å². The predicted octanol–water partition coefficient (Wildman–Crippen LogP) is 4.72. The molecule has 7 heteroatoms. The van der Waals surface area contributed by atoms with Gasteiger partial charge in [0.25, 0.3) is 0 Å². The number of thiophene rings is 1. The number of methoxy groups -OCH3 is 1. The standard InChI is InChI=1S/C22H22N2O3S2/c1-13-8-9-15-16(10-13)28-21-19(15)22(24-12-23-21)29-17(11-18(25)27-2)20(26)14-6-4-3-5-7-14/h3-7,12-13,17H,8-11H2,1-2H3. The number of Topliss-reactive ketones (excluding diaryl/α,β-unsaturated/α-hetero) is 1. The van der Waals surface area contributed by atoms with Gasteiger partial charge in [0.15, 0.2) is 5.78 Å². The summed E-state index contributed by atoms with van der Waals surface area (Å²) in [5.74, 6) is 0.176. The summed E-state index contributed by atoms with van der Waals surface area (Å²) in [7, 11) is 1.34. The molecule has 1 aromatic carbocycles. The summed E-state index contributed by atoms with van der Waals surface area (Å²) in [4.78, 5) is 36.5. The number of fused-ring (bicyclic) bond motifs is 3. The first-order chi connectivity index (χ1) is 14.1. The minimum absolute atomic E-state index is 0.00372. The van der Waals surface area contributed by atoms with Crippen molar-refractivity contribution < 1.29 is 14.3 Å². The van der Waals surface area contributed by atoms with Crippen molar-refractivity contribution >= 4 is 45.1 Å². The van der Waals surface area contributed by atoms with Crippen molar-refractivity contribution in [3.8, 4) is 0 Å². The molecular formula is C22H22N2O3S2. The first-order valence-electron chi connectivity index (χ1n) is 9.64. The largest absolute Gasteiger partial charge is 0.469 e. The van der Waals surface area contributed by atoms with Crippen LogP contribution in [-0.4, -0.2) is 34.1 Å². The maximum atomic E-state index is 13.1. The van der Waals surface area contributed by atoms with Gasteiger partial charge in [-0.1, -0.05) is 49.0 Å². The second kappa shape index (κ2) is 8.63. The molecular weight excluding hydrogens is 404 g/mol. The Morgan fingerprint density at radius 2 is 2.07 bits per heavy atom. The molecule has 0 N–H and O–H groups in total. The second-order valence-corrected chi connectivity index (χ2v) is 9.60. The Balaban J connectivity index is 1.71. The first kappa shape index (κ1) is 20.0. The van der Waals surface area contributed by atoms with Gasteiger partial charge >= 0.3 is 5.97 Å². The molecule has 0 radical (unpaired) electrons. The predicted molar refractivity (Wildman–Crippen MR) is 116 cm³/mol. The van der Waals surface area contributed by atoms with Gasteiger partial charge < -0.3 is 4.74 Å². The van der Waals surface area contributed by atoms with Crippen molar-refractivity contribution in [3.63, 3.8) is 0 Å². The lowest BCUT2D eigenvalue weighted by atomic mass is 9.89. The summed E-state index contributed by atoms with van der Waals surface area (Å²) in [5, 5.41) is 1.24. The van der Waals surface area contributed by atoms with Crippen LogP contribution in [0.2, 0.25) is 0 Å². The number of hydrogen-bond donors (Lipinski definition) is 0. The molecule has 1 aliphatic carbocycles. The fourth-order valence-electron chi connectivity index (χ4n) is 3.68. The fraction of sp³-hybridized carbons (Fsp3) is 0.364. The average Bonchev–Trinajstić information content (AvgIpc) is 3.11. The molecule has 5 nitrogen and oxygen atoms in total. The number of aromatic nitrogens is 2. The highest BCUT2D eigenvalue weighted by molar-refractivity contribution is 8.00. The Bertz CT molecular complexity index is 1050. The van der Waals surface area contributed by atoms with Crippen LogP contribution in [0.25, 0.3) is 10.2 Å². The molecule has 150 valence electrons. The molecule has 1 aliphatic rings. The van der Waals surface area contributed by atoms with Gasteiger partial charge in [0.1, 0.15) is 16.2 Å². The summed E-state index contributed by atoms with van der Waals surface area (Å²) in [6.45, 7) is 2.28. The summed E-state index contributed by atoms with van der Waals surface area (Å²) in [5.41, 5.74) is 1.90. The van der Waals surface area contributed by atoms with Gasteiger partial charge in [-0.15, -0.1) is 11.3 Å². The zero-order valence-corrected chi connectivity index (χ0v) is 18.0. The minimum atomic E-state index is -0.596. The highest BCUT2D eigenvalue weighted by Crippen LogP contribution is 2.42. The van der Waals surface area contributed by atoms with E-state index >= 15 is 0 Å². The number of hydrogen-bond acceptors (Lipinski definition) is 7. The summed E-state index contributed by atoms with van der Waals surface area (Å²) in [6.07, 6.45) is 4.77. The molecule has 29 heavy (non-hydrogen) atoms. The number of aryl methyl sites for hydroxylation is 1. The van der Waals surface area contributed by atoms with Gasteiger partial charge in [-0.25, -0.2) is 9.97 Å². The molecule has 0 spiro atoms. The average molecular weight is 427 g/mol. The lowest BCUT2D eigenvalue weighted by molar-refractivity contribution is -0.140. The third-order valence-corrected chi connectivity index (χ3v) is 7.60. The summed E-state index contributed by atoms with van der Waals surface area (Å²) >= 11 is 3.08. The van der Waals surface area contributed by atoms with Gasteiger partial charge in [0, 0.05) is 15.8 Å². The van der Waals surface area contributed by atoms with Crippen LogP contribution in [0, 0.1) is 5.92 Å². The highest BCUT2D eigenvalue weighted by Gasteiger charge is 2.29. The van der Waals surface area contributed by atoms with Gasteiger partial charge in [-0.3, -0.25) is 9.59 Å².